The summed E-state index contributed by atoms with van der Waals surface area (Å²) in [6.45, 7) is 4.85. The number of benzene rings is 2. The van der Waals surface area contributed by atoms with Gasteiger partial charge in [0.1, 0.15) is 0 Å². The smallest absolute Gasteiger partial charge is 0.417 e. The number of hydrogen-bond donors (Lipinski definition) is 0. The maximum Gasteiger partial charge on any atom is 0.417 e. The summed E-state index contributed by atoms with van der Waals surface area (Å²) in [5.74, 6) is 1.35. The van der Waals surface area contributed by atoms with Gasteiger partial charge in [0.05, 0.1) is 24.8 Å². The van der Waals surface area contributed by atoms with Gasteiger partial charge in [-0.15, -0.1) is 0 Å². The fourth-order valence-electron chi connectivity index (χ4n) is 3.62. The molecular formula is C21H24ClF3N2O2. The lowest BCUT2D eigenvalue weighted by molar-refractivity contribution is -0.137. The van der Waals surface area contributed by atoms with Crippen molar-refractivity contribution >= 4 is 17.3 Å². The number of rotatable bonds is 5. The molecule has 1 saturated heterocycles. The Bertz CT molecular complexity index is 852. The van der Waals surface area contributed by atoms with Crippen molar-refractivity contribution in [1.29, 1.82) is 0 Å². The normalized spacial score (nSPS) is 16.6. The Morgan fingerprint density at radius 2 is 1.59 bits per heavy atom. The fourth-order valence-corrected chi connectivity index (χ4v) is 3.84. The van der Waals surface area contributed by atoms with Crippen molar-refractivity contribution < 1.29 is 22.6 Å². The third kappa shape index (κ3) is 4.73. The molecule has 2 aromatic carbocycles. The van der Waals surface area contributed by atoms with Crippen LogP contribution in [0, 0.1) is 0 Å². The van der Waals surface area contributed by atoms with Gasteiger partial charge in [-0.25, -0.2) is 0 Å². The van der Waals surface area contributed by atoms with E-state index in [-0.39, 0.29) is 11.1 Å². The van der Waals surface area contributed by atoms with E-state index < -0.39 is 11.7 Å². The van der Waals surface area contributed by atoms with Crippen LogP contribution in [-0.2, 0) is 6.18 Å². The Morgan fingerprint density at radius 1 is 0.931 bits per heavy atom. The summed E-state index contributed by atoms with van der Waals surface area (Å²) in [4.78, 5) is 4.27. The highest BCUT2D eigenvalue weighted by Crippen LogP contribution is 2.37. The van der Waals surface area contributed by atoms with Crippen LogP contribution >= 0.6 is 11.6 Å². The van der Waals surface area contributed by atoms with E-state index in [0.29, 0.717) is 30.3 Å². The highest BCUT2D eigenvalue weighted by atomic mass is 35.5. The summed E-state index contributed by atoms with van der Waals surface area (Å²) in [6.07, 6.45) is -4.46. The van der Waals surface area contributed by atoms with Gasteiger partial charge in [0.2, 0.25) is 0 Å². The molecule has 1 heterocycles. The van der Waals surface area contributed by atoms with Gasteiger partial charge in [-0.2, -0.15) is 13.2 Å². The minimum atomic E-state index is -4.46. The van der Waals surface area contributed by atoms with Crippen LogP contribution < -0.4 is 14.4 Å². The summed E-state index contributed by atoms with van der Waals surface area (Å²) in [6, 6.07) is 10.1. The number of anilines is 1. The van der Waals surface area contributed by atoms with Crippen LogP contribution in [0.1, 0.15) is 24.1 Å². The average molecular weight is 429 g/mol. The molecule has 158 valence electrons. The lowest BCUT2D eigenvalue weighted by Gasteiger charge is -2.39. The summed E-state index contributed by atoms with van der Waals surface area (Å²) in [5, 5.41) is -0.276. The summed E-state index contributed by atoms with van der Waals surface area (Å²) < 4.78 is 50.1. The van der Waals surface area contributed by atoms with Crippen LogP contribution in [0.3, 0.4) is 0 Å². The van der Waals surface area contributed by atoms with Crippen molar-refractivity contribution in [2.75, 3.05) is 45.3 Å². The minimum absolute atomic E-state index is 0.146. The molecule has 0 bridgehead atoms. The molecule has 29 heavy (non-hydrogen) atoms. The fraction of sp³-hybridized carbons (Fsp3) is 0.429. The number of hydrogen-bond acceptors (Lipinski definition) is 4. The molecule has 1 fully saturated rings. The Hall–Kier alpha value is -2.12. The Labute approximate surface area is 173 Å². The molecule has 0 amide bonds. The Balaban J connectivity index is 1.69. The molecule has 1 atom stereocenters. The van der Waals surface area contributed by atoms with Crippen LogP contribution in [0.5, 0.6) is 11.5 Å². The monoisotopic (exact) mass is 428 g/mol. The molecule has 4 nitrogen and oxygen atoms in total. The van der Waals surface area contributed by atoms with E-state index in [4.69, 9.17) is 21.1 Å². The second-order valence-electron chi connectivity index (χ2n) is 6.98. The minimum Gasteiger partial charge on any atom is -0.493 e. The lowest BCUT2D eigenvalue weighted by Crippen LogP contribution is -2.47. The Morgan fingerprint density at radius 3 is 2.17 bits per heavy atom. The first-order valence-electron chi connectivity index (χ1n) is 9.32. The SMILES string of the molecule is COc1ccc([C@@H](C)N2CCN(c3ccc(Cl)c(C(F)(F)F)c3)CC2)cc1OC. The van der Waals surface area contributed by atoms with E-state index in [1.165, 1.54) is 6.07 Å². The van der Waals surface area contributed by atoms with Crippen LogP contribution in [0.2, 0.25) is 5.02 Å². The molecule has 0 N–H and O–H groups in total. The molecule has 3 rings (SSSR count). The molecule has 8 heteroatoms. The first-order chi connectivity index (χ1) is 13.7. The van der Waals surface area contributed by atoms with E-state index in [2.05, 4.69) is 11.8 Å². The maximum absolute atomic E-state index is 13.1. The zero-order valence-corrected chi connectivity index (χ0v) is 17.3. The van der Waals surface area contributed by atoms with Crippen molar-refractivity contribution in [1.82, 2.24) is 4.90 Å². The Kier molecular flexibility index (Phi) is 6.49. The van der Waals surface area contributed by atoms with E-state index in [1.807, 2.05) is 23.1 Å². The molecule has 0 aliphatic carbocycles. The van der Waals surface area contributed by atoms with Gasteiger partial charge in [0, 0.05) is 37.9 Å². The second kappa shape index (κ2) is 8.71. The molecule has 0 saturated carbocycles. The largest absolute Gasteiger partial charge is 0.493 e. The highest BCUT2D eigenvalue weighted by molar-refractivity contribution is 6.31. The van der Waals surface area contributed by atoms with Gasteiger partial charge in [0.15, 0.2) is 11.5 Å². The number of methoxy groups -OCH3 is 2. The summed E-state index contributed by atoms with van der Waals surface area (Å²) in [7, 11) is 3.20. The molecular weight excluding hydrogens is 405 g/mol. The van der Waals surface area contributed by atoms with Gasteiger partial charge in [-0.3, -0.25) is 4.90 Å². The van der Waals surface area contributed by atoms with Gasteiger partial charge >= 0.3 is 6.18 Å². The first kappa shape index (κ1) is 21.6. The first-order valence-corrected chi connectivity index (χ1v) is 9.70. The van der Waals surface area contributed by atoms with Crippen molar-refractivity contribution in [3.05, 3.63) is 52.5 Å². The highest BCUT2D eigenvalue weighted by Gasteiger charge is 2.34. The second-order valence-corrected chi connectivity index (χ2v) is 7.38. The quantitative estimate of drug-likeness (QED) is 0.648. The molecule has 0 spiro atoms. The van der Waals surface area contributed by atoms with Gasteiger partial charge in [0.25, 0.3) is 0 Å². The van der Waals surface area contributed by atoms with Crippen LogP contribution in [0.4, 0.5) is 18.9 Å². The summed E-state index contributed by atoms with van der Waals surface area (Å²) >= 11 is 5.73. The topological polar surface area (TPSA) is 24.9 Å². The van der Waals surface area contributed by atoms with Gasteiger partial charge in [-0.1, -0.05) is 17.7 Å². The zero-order chi connectivity index (χ0) is 21.2. The van der Waals surface area contributed by atoms with Crippen molar-refractivity contribution in [2.45, 2.75) is 19.1 Å². The predicted octanol–water partition coefficient (Wildman–Crippen LogP) is 5.26. The van der Waals surface area contributed by atoms with Crippen molar-refractivity contribution in [3.63, 3.8) is 0 Å². The van der Waals surface area contributed by atoms with Gasteiger partial charge < -0.3 is 14.4 Å². The van der Waals surface area contributed by atoms with E-state index in [1.54, 1.807) is 20.3 Å². The molecule has 0 aromatic heterocycles. The van der Waals surface area contributed by atoms with E-state index in [9.17, 15) is 13.2 Å². The van der Waals surface area contributed by atoms with Crippen molar-refractivity contribution in [2.24, 2.45) is 0 Å². The molecule has 2 aromatic rings. The molecule has 0 unspecified atom stereocenters. The van der Waals surface area contributed by atoms with Crippen LogP contribution in [0.15, 0.2) is 36.4 Å². The van der Waals surface area contributed by atoms with Crippen LogP contribution in [-0.4, -0.2) is 45.3 Å². The standard InChI is InChI=1S/C21H24ClF3N2O2/c1-14(15-4-7-19(28-2)20(12-15)29-3)26-8-10-27(11-9-26)16-5-6-18(22)17(13-16)21(23,24)25/h4-7,12-14H,8-11H2,1-3H3/t14-/m1/s1. The number of halogens is 4. The lowest BCUT2D eigenvalue weighted by atomic mass is 10.0. The van der Waals surface area contributed by atoms with Crippen molar-refractivity contribution in [3.8, 4) is 11.5 Å². The summed E-state index contributed by atoms with van der Waals surface area (Å²) in [5.41, 5.74) is 0.847. The third-order valence-electron chi connectivity index (χ3n) is 5.37. The molecule has 1 aliphatic heterocycles. The predicted molar refractivity (Wildman–Crippen MR) is 108 cm³/mol. The maximum atomic E-state index is 13.1. The molecule has 0 radical (unpaired) electrons. The number of alkyl halides is 3. The number of ether oxygens (including phenoxy) is 2. The number of nitrogens with zero attached hydrogens (tertiary/aromatic N) is 2. The van der Waals surface area contributed by atoms with E-state index in [0.717, 1.165) is 24.7 Å². The zero-order valence-electron chi connectivity index (χ0n) is 16.6. The molecule has 1 aliphatic rings. The average Bonchev–Trinajstić information content (AvgIpc) is 2.72. The third-order valence-corrected chi connectivity index (χ3v) is 5.70. The van der Waals surface area contributed by atoms with Gasteiger partial charge in [-0.05, 0) is 42.8 Å². The number of piperazine rings is 1. The van der Waals surface area contributed by atoms with E-state index >= 15 is 0 Å². The van der Waals surface area contributed by atoms with Crippen LogP contribution in [0.25, 0.3) is 0 Å².